The summed E-state index contributed by atoms with van der Waals surface area (Å²) < 4.78 is 1.00. The molecule has 1 saturated heterocycles. The summed E-state index contributed by atoms with van der Waals surface area (Å²) in [5.74, 6) is 1.03. The molecule has 1 aromatic rings. The van der Waals surface area contributed by atoms with Gasteiger partial charge in [-0.25, -0.2) is 4.98 Å². The minimum atomic E-state index is 0.683. The van der Waals surface area contributed by atoms with Crippen LogP contribution in [-0.2, 0) is 0 Å². The quantitative estimate of drug-likeness (QED) is 0.770. The van der Waals surface area contributed by atoms with Crippen molar-refractivity contribution in [3.8, 4) is 0 Å². The van der Waals surface area contributed by atoms with Gasteiger partial charge in [0.05, 0.1) is 9.50 Å². The second kappa shape index (κ2) is 5.87. The first-order valence-electron chi connectivity index (χ1n) is 5.83. The summed E-state index contributed by atoms with van der Waals surface area (Å²) in [6.45, 7) is 2.21. The van der Waals surface area contributed by atoms with Gasteiger partial charge in [-0.2, -0.15) is 0 Å². The van der Waals surface area contributed by atoms with Crippen LogP contribution in [0, 0.1) is 0 Å². The summed E-state index contributed by atoms with van der Waals surface area (Å²) in [5, 5.41) is 0.683. The molecular weight excluding hydrogens is 288 g/mol. The lowest BCUT2D eigenvalue weighted by atomic mass is 10.1. The summed E-state index contributed by atoms with van der Waals surface area (Å²) in [6, 6.07) is 1.92. The van der Waals surface area contributed by atoms with E-state index in [2.05, 4.69) is 25.8 Å². The highest BCUT2D eigenvalue weighted by molar-refractivity contribution is 9.10. The molecule has 4 heteroatoms. The minimum Gasteiger partial charge on any atom is -0.356 e. The molecule has 0 saturated carbocycles. The van der Waals surface area contributed by atoms with Gasteiger partial charge < -0.3 is 4.90 Å². The van der Waals surface area contributed by atoms with Crippen molar-refractivity contribution in [2.24, 2.45) is 0 Å². The van der Waals surface area contributed by atoms with E-state index in [-0.39, 0.29) is 0 Å². The largest absolute Gasteiger partial charge is 0.356 e. The number of halogens is 2. The number of hydrogen-bond donors (Lipinski definition) is 0. The van der Waals surface area contributed by atoms with Crippen LogP contribution in [0.15, 0.2) is 16.7 Å². The Hall–Kier alpha value is -0.280. The molecule has 88 valence electrons. The first-order valence-corrected chi connectivity index (χ1v) is 7.00. The van der Waals surface area contributed by atoms with Gasteiger partial charge in [-0.05, 0) is 34.8 Å². The number of aromatic nitrogens is 1. The van der Waals surface area contributed by atoms with Gasteiger partial charge in [0.2, 0.25) is 0 Å². The Kier molecular flexibility index (Phi) is 4.47. The van der Waals surface area contributed by atoms with Crippen LogP contribution in [0.4, 0.5) is 5.82 Å². The van der Waals surface area contributed by atoms with Crippen molar-refractivity contribution in [3.63, 3.8) is 0 Å². The molecule has 1 fully saturated rings. The van der Waals surface area contributed by atoms with Crippen LogP contribution < -0.4 is 4.90 Å². The molecule has 1 aliphatic heterocycles. The highest BCUT2D eigenvalue weighted by atomic mass is 79.9. The van der Waals surface area contributed by atoms with E-state index in [0.717, 1.165) is 23.4 Å². The zero-order chi connectivity index (χ0) is 11.4. The summed E-state index contributed by atoms with van der Waals surface area (Å²) in [6.07, 6.45) is 8.29. The fourth-order valence-electron chi connectivity index (χ4n) is 2.10. The topological polar surface area (TPSA) is 16.1 Å². The maximum Gasteiger partial charge on any atom is 0.142 e. The maximum absolute atomic E-state index is 5.90. The third-order valence-electron chi connectivity index (χ3n) is 2.94. The Morgan fingerprint density at radius 3 is 2.38 bits per heavy atom. The van der Waals surface area contributed by atoms with Gasteiger partial charge in [-0.15, -0.1) is 0 Å². The molecule has 0 aliphatic carbocycles. The predicted molar refractivity (Wildman–Crippen MR) is 72.2 cm³/mol. The Labute approximate surface area is 110 Å². The number of anilines is 1. The Balaban J connectivity index is 2.14. The zero-order valence-corrected chi connectivity index (χ0v) is 11.6. The summed E-state index contributed by atoms with van der Waals surface area (Å²) in [5.41, 5.74) is 0. The van der Waals surface area contributed by atoms with Gasteiger partial charge in [0.1, 0.15) is 5.82 Å². The van der Waals surface area contributed by atoms with Crippen LogP contribution in [0.2, 0.25) is 5.02 Å². The Bertz CT molecular complexity index is 349. The minimum absolute atomic E-state index is 0.683. The summed E-state index contributed by atoms with van der Waals surface area (Å²) >= 11 is 9.44. The van der Waals surface area contributed by atoms with Crippen LogP contribution in [0.3, 0.4) is 0 Å². The molecule has 0 atom stereocenters. The second-order valence-corrected chi connectivity index (χ2v) is 5.50. The molecule has 2 rings (SSSR count). The van der Waals surface area contributed by atoms with E-state index in [9.17, 15) is 0 Å². The molecule has 0 N–H and O–H groups in total. The number of rotatable bonds is 1. The van der Waals surface area contributed by atoms with Crippen molar-refractivity contribution in [3.05, 3.63) is 21.8 Å². The third-order valence-corrected chi connectivity index (χ3v) is 3.73. The molecule has 2 heterocycles. The molecule has 0 bridgehead atoms. The maximum atomic E-state index is 5.90. The van der Waals surface area contributed by atoms with E-state index >= 15 is 0 Å². The highest BCUT2D eigenvalue weighted by Gasteiger charge is 2.13. The standard InChI is InChI=1S/C12H16BrClN2/c13-11-8-10(14)9-15-12(11)16-6-4-2-1-3-5-7-16/h8-9H,1-7H2. The smallest absolute Gasteiger partial charge is 0.142 e. The average Bonchev–Trinajstić information content (AvgIpc) is 2.19. The van der Waals surface area contributed by atoms with E-state index in [1.807, 2.05) is 6.07 Å². The first-order chi connectivity index (χ1) is 7.77. The normalized spacial score (nSPS) is 18.0. The van der Waals surface area contributed by atoms with Crippen LogP contribution in [-0.4, -0.2) is 18.1 Å². The van der Waals surface area contributed by atoms with Crippen LogP contribution in [0.1, 0.15) is 32.1 Å². The molecule has 0 radical (unpaired) electrons. The van der Waals surface area contributed by atoms with E-state index < -0.39 is 0 Å². The van der Waals surface area contributed by atoms with E-state index in [1.54, 1.807) is 6.20 Å². The fraction of sp³-hybridized carbons (Fsp3) is 0.583. The highest BCUT2D eigenvalue weighted by Crippen LogP contribution is 2.27. The van der Waals surface area contributed by atoms with E-state index in [1.165, 1.54) is 32.1 Å². The van der Waals surface area contributed by atoms with Gasteiger partial charge >= 0.3 is 0 Å². The van der Waals surface area contributed by atoms with Crippen molar-refractivity contribution in [1.82, 2.24) is 4.98 Å². The number of hydrogen-bond acceptors (Lipinski definition) is 2. The molecule has 0 aromatic carbocycles. The van der Waals surface area contributed by atoms with Crippen molar-refractivity contribution >= 4 is 33.3 Å². The van der Waals surface area contributed by atoms with Crippen LogP contribution in [0.25, 0.3) is 0 Å². The molecule has 0 unspecified atom stereocenters. The monoisotopic (exact) mass is 302 g/mol. The zero-order valence-electron chi connectivity index (χ0n) is 9.25. The molecule has 0 spiro atoms. The van der Waals surface area contributed by atoms with E-state index in [4.69, 9.17) is 11.6 Å². The van der Waals surface area contributed by atoms with Gasteiger partial charge in [0.15, 0.2) is 0 Å². The van der Waals surface area contributed by atoms with Crippen LogP contribution in [0.5, 0.6) is 0 Å². The van der Waals surface area contributed by atoms with E-state index in [0.29, 0.717) is 5.02 Å². The molecule has 1 aliphatic rings. The van der Waals surface area contributed by atoms with Crippen molar-refractivity contribution in [1.29, 1.82) is 0 Å². The molecule has 1 aromatic heterocycles. The van der Waals surface area contributed by atoms with Gasteiger partial charge in [0, 0.05) is 19.3 Å². The van der Waals surface area contributed by atoms with Gasteiger partial charge in [0.25, 0.3) is 0 Å². The van der Waals surface area contributed by atoms with Crippen molar-refractivity contribution < 1.29 is 0 Å². The predicted octanol–water partition coefficient (Wildman–Crippen LogP) is 4.27. The lowest BCUT2D eigenvalue weighted by Crippen LogP contribution is -2.28. The molecule has 0 amide bonds. The SMILES string of the molecule is Clc1cnc(N2CCCCCCC2)c(Br)c1. The Morgan fingerprint density at radius 1 is 1.12 bits per heavy atom. The summed E-state index contributed by atoms with van der Waals surface area (Å²) in [4.78, 5) is 6.78. The number of nitrogens with zero attached hydrogens (tertiary/aromatic N) is 2. The number of pyridine rings is 1. The van der Waals surface area contributed by atoms with Crippen molar-refractivity contribution in [2.75, 3.05) is 18.0 Å². The second-order valence-electron chi connectivity index (χ2n) is 4.21. The summed E-state index contributed by atoms with van der Waals surface area (Å²) in [7, 11) is 0. The van der Waals surface area contributed by atoms with Gasteiger partial charge in [-0.3, -0.25) is 0 Å². The first kappa shape index (κ1) is 12.2. The van der Waals surface area contributed by atoms with Crippen molar-refractivity contribution in [2.45, 2.75) is 32.1 Å². The lowest BCUT2D eigenvalue weighted by Gasteiger charge is -2.26. The molecular formula is C12H16BrClN2. The lowest BCUT2D eigenvalue weighted by molar-refractivity contribution is 0.553. The third kappa shape index (κ3) is 3.11. The average molecular weight is 304 g/mol. The van der Waals surface area contributed by atoms with Crippen LogP contribution >= 0.6 is 27.5 Å². The molecule has 16 heavy (non-hydrogen) atoms. The fourth-order valence-corrected chi connectivity index (χ4v) is 2.99. The Morgan fingerprint density at radius 2 is 1.75 bits per heavy atom. The molecule has 2 nitrogen and oxygen atoms in total. The van der Waals surface area contributed by atoms with Gasteiger partial charge in [-0.1, -0.05) is 30.9 Å².